The Kier molecular flexibility index (Phi) is 3.93. The number of nitrogens with zero attached hydrogens (tertiary/aromatic N) is 1. The SMILES string of the molecule is COc1ccccc1C(O)C1(N(C)C)CCCC1. The molecular formula is C15H23NO2. The first kappa shape index (κ1) is 13.4. The monoisotopic (exact) mass is 249 g/mol. The van der Waals surface area contributed by atoms with E-state index in [1.165, 1.54) is 12.8 Å². The Balaban J connectivity index is 2.37. The number of hydrogen-bond donors (Lipinski definition) is 1. The zero-order valence-corrected chi connectivity index (χ0v) is 11.5. The summed E-state index contributed by atoms with van der Waals surface area (Å²) in [4.78, 5) is 2.18. The molecule has 1 saturated carbocycles. The van der Waals surface area contributed by atoms with Crippen LogP contribution >= 0.6 is 0 Å². The lowest BCUT2D eigenvalue weighted by molar-refractivity contribution is -0.00597. The number of likely N-dealkylation sites (N-methyl/N-ethyl adjacent to an activating group) is 1. The van der Waals surface area contributed by atoms with Gasteiger partial charge in [0, 0.05) is 5.56 Å². The first-order valence-electron chi connectivity index (χ1n) is 6.60. The Morgan fingerprint density at radius 2 is 1.83 bits per heavy atom. The molecule has 1 aromatic carbocycles. The minimum absolute atomic E-state index is 0.144. The van der Waals surface area contributed by atoms with Crippen molar-refractivity contribution in [2.24, 2.45) is 0 Å². The molecule has 1 N–H and O–H groups in total. The second-order valence-corrected chi connectivity index (χ2v) is 5.35. The highest BCUT2D eigenvalue weighted by molar-refractivity contribution is 5.37. The van der Waals surface area contributed by atoms with Crippen molar-refractivity contribution >= 4 is 0 Å². The number of aliphatic hydroxyl groups is 1. The fourth-order valence-corrected chi connectivity index (χ4v) is 3.13. The fourth-order valence-electron chi connectivity index (χ4n) is 3.13. The van der Waals surface area contributed by atoms with Crippen LogP contribution in [0.1, 0.15) is 37.4 Å². The molecule has 1 unspecified atom stereocenters. The Bertz CT molecular complexity index is 397. The van der Waals surface area contributed by atoms with Gasteiger partial charge in [0.25, 0.3) is 0 Å². The van der Waals surface area contributed by atoms with E-state index in [1.807, 2.05) is 24.3 Å². The van der Waals surface area contributed by atoms with Gasteiger partial charge in [-0.05, 0) is 33.0 Å². The number of benzene rings is 1. The van der Waals surface area contributed by atoms with Gasteiger partial charge in [-0.3, -0.25) is 0 Å². The van der Waals surface area contributed by atoms with Gasteiger partial charge < -0.3 is 14.7 Å². The van der Waals surface area contributed by atoms with Crippen molar-refractivity contribution in [1.82, 2.24) is 4.90 Å². The molecule has 1 aromatic rings. The summed E-state index contributed by atoms with van der Waals surface area (Å²) in [6.45, 7) is 0. The van der Waals surface area contributed by atoms with Crippen LogP contribution in [0.2, 0.25) is 0 Å². The minimum atomic E-state index is -0.494. The number of methoxy groups -OCH3 is 1. The van der Waals surface area contributed by atoms with E-state index >= 15 is 0 Å². The first-order valence-corrected chi connectivity index (χ1v) is 6.60. The fraction of sp³-hybridized carbons (Fsp3) is 0.600. The van der Waals surface area contributed by atoms with Crippen molar-refractivity contribution in [3.63, 3.8) is 0 Å². The summed E-state index contributed by atoms with van der Waals surface area (Å²) in [5.41, 5.74) is 0.754. The van der Waals surface area contributed by atoms with Crippen molar-refractivity contribution in [3.8, 4) is 5.75 Å². The molecule has 18 heavy (non-hydrogen) atoms. The van der Waals surface area contributed by atoms with E-state index in [-0.39, 0.29) is 5.54 Å². The lowest BCUT2D eigenvalue weighted by atomic mass is 9.84. The Morgan fingerprint density at radius 1 is 1.22 bits per heavy atom. The molecule has 0 spiro atoms. The van der Waals surface area contributed by atoms with E-state index in [9.17, 15) is 5.11 Å². The van der Waals surface area contributed by atoms with Gasteiger partial charge in [-0.25, -0.2) is 0 Å². The predicted molar refractivity (Wildman–Crippen MR) is 72.8 cm³/mol. The maximum atomic E-state index is 10.8. The summed E-state index contributed by atoms with van der Waals surface area (Å²) in [7, 11) is 5.77. The summed E-state index contributed by atoms with van der Waals surface area (Å²) >= 11 is 0. The Hall–Kier alpha value is -1.06. The maximum absolute atomic E-state index is 10.8. The van der Waals surface area contributed by atoms with Gasteiger partial charge in [0.1, 0.15) is 11.9 Å². The van der Waals surface area contributed by atoms with Gasteiger partial charge in [0.15, 0.2) is 0 Å². The smallest absolute Gasteiger partial charge is 0.124 e. The van der Waals surface area contributed by atoms with Crippen LogP contribution in [-0.4, -0.2) is 36.8 Å². The molecule has 1 aliphatic carbocycles. The van der Waals surface area contributed by atoms with Gasteiger partial charge in [0.05, 0.1) is 12.6 Å². The van der Waals surface area contributed by atoms with Crippen LogP contribution in [0.3, 0.4) is 0 Å². The number of ether oxygens (including phenoxy) is 1. The summed E-state index contributed by atoms with van der Waals surface area (Å²) in [5, 5.41) is 10.8. The third-order valence-electron chi connectivity index (χ3n) is 4.30. The molecular weight excluding hydrogens is 226 g/mol. The van der Waals surface area contributed by atoms with E-state index in [0.717, 1.165) is 24.2 Å². The highest BCUT2D eigenvalue weighted by Crippen LogP contribution is 2.45. The van der Waals surface area contributed by atoms with Crippen molar-refractivity contribution in [3.05, 3.63) is 29.8 Å². The number of hydrogen-bond acceptors (Lipinski definition) is 3. The molecule has 0 aliphatic heterocycles. The summed E-state index contributed by atoms with van der Waals surface area (Å²) in [6.07, 6.45) is 3.96. The molecule has 0 heterocycles. The van der Waals surface area contributed by atoms with Crippen molar-refractivity contribution in [1.29, 1.82) is 0 Å². The molecule has 0 aromatic heterocycles. The van der Waals surface area contributed by atoms with Crippen LogP contribution in [-0.2, 0) is 0 Å². The Morgan fingerprint density at radius 3 is 2.39 bits per heavy atom. The zero-order valence-electron chi connectivity index (χ0n) is 11.5. The molecule has 100 valence electrons. The number of para-hydroxylation sites is 1. The van der Waals surface area contributed by atoms with E-state index in [4.69, 9.17) is 4.74 Å². The van der Waals surface area contributed by atoms with Crippen molar-refractivity contribution in [2.75, 3.05) is 21.2 Å². The van der Waals surface area contributed by atoms with Crippen molar-refractivity contribution < 1.29 is 9.84 Å². The highest BCUT2D eigenvalue weighted by atomic mass is 16.5. The van der Waals surface area contributed by atoms with Gasteiger partial charge in [-0.2, -0.15) is 0 Å². The van der Waals surface area contributed by atoms with Crippen LogP contribution in [0.4, 0.5) is 0 Å². The molecule has 3 nitrogen and oxygen atoms in total. The number of aliphatic hydroxyl groups excluding tert-OH is 1. The van der Waals surface area contributed by atoms with E-state index < -0.39 is 6.10 Å². The Labute approximate surface area is 109 Å². The maximum Gasteiger partial charge on any atom is 0.124 e. The van der Waals surface area contributed by atoms with Gasteiger partial charge in [-0.1, -0.05) is 31.0 Å². The molecule has 1 fully saturated rings. The lowest BCUT2D eigenvalue weighted by Crippen LogP contribution is -2.47. The molecule has 0 radical (unpaired) electrons. The lowest BCUT2D eigenvalue weighted by Gasteiger charge is -2.41. The largest absolute Gasteiger partial charge is 0.496 e. The third-order valence-corrected chi connectivity index (χ3v) is 4.30. The van der Waals surface area contributed by atoms with E-state index in [2.05, 4.69) is 19.0 Å². The molecule has 0 bridgehead atoms. The minimum Gasteiger partial charge on any atom is -0.496 e. The first-order chi connectivity index (χ1) is 8.62. The van der Waals surface area contributed by atoms with Gasteiger partial charge in [-0.15, -0.1) is 0 Å². The highest BCUT2D eigenvalue weighted by Gasteiger charge is 2.44. The molecule has 1 aliphatic rings. The number of rotatable bonds is 4. The predicted octanol–water partition coefficient (Wildman–Crippen LogP) is 2.60. The standard InChI is InChI=1S/C15H23NO2/c1-16(2)15(10-6-7-11-15)14(17)12-8-4-5-9-13(12)18-3/h4-5,8-9,14,17H,6-7,10-11H2,1-3H3. The zero-order chi connectivity index (χ0) is 13.2. The molecule has 0 saturated heterocycles. The summed E-state index contributed by atoms with van der Waals surface area (Å²) in [6, 6.07) is 7.77. The average Bonchev–Trinajstić information content (AvgIpc) is 2.88. The third kappa shape index (κ3) is 2.13. The second-order valence-electron chi connectivity index (χ2n) is 5.35. The quantitative estimate of drug-likeness (QED) is 0.890. The van der Waals surface area contributed by atoms with Gasteiger partial charge in [0.2, 0.25) is 0 Å². The molecule has 0 amide bonds. The molecule has 2 rings (SSSR count). The van der Waals surface area contributed by atoms with Crippen LogP contribution in [0.15, 0.2) is 24.3 Å². The van der Waals surface area contributed by atoms with Crippen molar-refractivity contribution in [2.45, 2.75) is 37.3 Å². The molecule has 1 atom stereocenters. The normalized spacial score (nSPS) is 20.1. The van der Waals surface area contributed by atoms with Crippen LogP contribution < -0.4 is 4.74 Å². The van der Waals surface area contributed by atoms with E-state index in [1.54, 1.807) is 7.11 Å². The van der Waals surface area contributed by atoms with Crippen LogP contribution in [0, 0.1) is 0 Å². The second kappa shape index (κ2) is 5.29. The van der Waals surface area contributed by atoms with E-state index in [0.29, 0.717) is 0 Å². The summed E-state index contributed by atoms with van der Waals surface area (Å²) < 4.78 is 5.37. The van der Waals surface area contributed by atoms with Crippen LogP contribution in [0.25, 0.3) is 0 Å². The summed E-state index contributed by atoms with van der Waals surface area (Å²) in [5.74, 6) is 0.776. The average molecular weight is 249 g/mol. The molecule has 3 heteroatoms. The van der Waals surface area contributed by atoms with Gasteiger partial charge >= 0.3 is 0 Å². The topological polar surface area (TPSA) is 32.7 Å². The van der Waals surface area contributed by atoms with Crippen LogP contribution in [0.5, 0.6) is 5.75 Å².